The van der Waals surface area contributed by atoms with E-state index < -0.39 is 11.7 Å². The lowest BCUT2D eigenvalue weighted by Crippen LogP contribution is -2.38. The summed E-state index contributed by atoms with van der Waals surface area (Å²) in [5.41, 5.74) is 5.15. The molecule has 1 aliphatic carbocycles. The van der Waals surface area contributed by atoms with Gasteiger partial charge in [-0.3, -0.25) is 0 Å². The van der Waals surface area contributed by atoms with Crippen LogP contribution in [0.15, 0.2) is 24.3 Å². The van der Waals surface area contributed by atoms with E-state index in [1.165, 1.54) is 12.1 Å². The molecular weight excluding hydrogens is 227 g/mol. The first-order chi connectivity index (χ1) is 7.99. The van der Waals surface area contributed by atoms with Gasteiger partial charge in [-0.25, -0.2) is 0 Å². The second kappa shape index (κ2) is 4.33. The molecule has 0 unspecified atom stereocenters. The first-order valence-electron chi connectivity index (χ1n) is 5.86. The second-order valence-electron chi connectivity index (χ2n) is 4.72. The lowest BCUT2D eigenvalue weighted by atomic mass is 9.61. The van der Waals surface area contributed by atoms with Gasteiger partial charge in [0.25, 0.3) is 0 Å². The lowest BCUT2D eigenvalue weighted by molar-refractivity contribution is -0.139. The normalized spacial score (nSPS) is 18.8. The molecule has 1 nitrogen and oxygen atoms in total. The molecule has 0 heterocycles. The third-order valence-corrected chi connectivity index (χ3v) is 3.74. The van der Waals surface area contributed by atoms with E-state index in [1.807, 2.05) is 0 Å². The molecule has 1 aliphatic rings. The Morgan fingerprint density at radius 1 is 1.18 bits per heavy atom. The molecule has 2 N–H and O–H groups in total. The standard InChI is InChI=1S/C13H16F3N/c14-13(15,16)11-5-2-1-4-10(11)12(8-9-17)6-3-7-12/h1-2,4-5H,3,6-9,17H2. The Balaban J connectivity index is 2.44. The number of halogens is 3. The van der Waals surface area contributed by atoms with Gasteiger partial charge >= 0.3 is 6.18 Å². The Morgan fingerprint density at radius 2 is 1.82 bits per heavy atom. The van der Waals surface area contributed by atoms with Crippen LogP contribution in [0.1, 0.15) is 36.8 Å². The monoisotopic (exact) mass is 243 g/mol. The van der Waals surface area contributed by atoms with Crippen molar-refractivity contribution in [3.05, 3.63) is 35.4 Å². The van der Waals surface area contributed by atoms with Crippen LogP contribution in [0, 0.1) is 0 Å². The molecule has 0 aliphatic heterocycles. The van der Waals surface area contributed by atoms with Gasteiger partial charge in [-0.15, -0.1) is 0 Å². The molecule has 94 valence electrons. The molecule has 17 heavy (non-hydrogen) atoms. The van der Waals surface area contributed by atoms with E-state index in [4.69, 9.17) is 5.73 Å². The van der Waals surface area contributed by atoms with Gasteiger partial charge in [0.05, 0.1) is 5.56 Å². The van der Waals surface area contributed by atoms with Crippen LogP contribution in [0.2, 0.25) is 0 Å². The minimum absolute atomic E-state index is 0.332. The number of hydrogen-bond donors (Lipinski definition) is 1. The highest BCUT2D eigenvalue weighted by Crippen LogP contribution is 2.49. The van der Waals surface area contributed by atoms with Crippen LogP contribution < -0.4 is 5.73 Å². The molecule has 0 spiro atoms. The predicted octanol–water partition coefficient (Wildman–Crippen LogP) is 3.48. The number of hydrogen-bond acceptors (Lipinski definition) is 1. The summed E-state index contributed by atoms with van der Waals surface area (Å²) in [5, 5.41) is 0. The van der Waals surface area contributed by atoms with Gasteiger partial charge in [0, 0.05) is 0 Å². The van der Waals surface area contributed by atoms with Gasteiger partial charge in [-0.2, -0.15) is 13.2 Å². The lowest BCUT2D eigenvalue weighted by Gasteiger charge is -2.43. The van der Waals surface area contributed by atoms with Crippen molar-refractivity contribution >= 4 is 0 Å². The summed E-state index contributed by atoms with van der Waals surface area (Å²) < 4.78 is 38.8. The molecule has 1 aromatic carbocycles. The fraction of sp³-hybridized carbons (Fsp3) is 0.538. The highest BCUT2D eigenvalue weighted by molar-refractivity contribution is 5.38. The fourth-order valence-electron chi connectivity index (χ4n) is 2.73. The fourth-order valence-corrected chi connectivity index (χ4v) is 2.73. The molecule has 1 fully saturated rings. The van der Waals surface area contributed by atoms with E-state index in [2.05, 4.69) is 0 Å². The quantitative estimate of drug-likeness (QED) is 0.864. The van der Waals surface area contributed by atoms with Crippen LogP contribution >= 0.6 is 0 Å². The molecule has 0 saturated heterocycles. The number of nitrogens with two attached hydrogens (primary N) is 1. The van der Waals surface area contributed by atoms with Crippen LogP contribution in [-0.4, -0.2) is 6.54 Å². The van der Waals surface area contributed by atoms with Crippen LogP contribution in [-0.2, 0) is 11.6 Å². The van der Waals surface area contributed by atoms with Gasteiger partial charge in [-0.05, 0) is 42.9 Å². The molecule has 0 radical (unpaired) electrons. The van der Waals surface area contributed by atoms with Crippen molar-refractivity contribution in [2.45, 2.75) is 37.3 Å². The molecule has 1 aromatic rings. The van der Waals surface area contributed by atoms with Crippen molar-refractivity contribution in [1.29, 1.82) is 0 Å². The molecule has 0 aromatic heterocycles. The van der Waals surface area contributed by atoms with E-state index in [-0.39, 0.29) is 5.41 Å². The smallest absolute Gasteiger partial charge is 0.330 e. The van der Waals surface area contributed by atoms with Crippen LogP contribution in [0.3, 0.4) is 0 Å². The highest BCUT2D eigenvalue weighted by atomic mass is 19.4. The van der Waals surface area contributed by atoms with E-state index in [1.54, 1.807) is 12.1 Å². The van der Waals surface area contributed by atoms with Crippen LogP contribution in [0.25, 0.3) is 0 Å². The number of benzene rings is 1. The Morgan fingerprint density at radius 3 is 2.29 bits per heavy atom. The van der Waals surface area contributed by atoms with E-state index >= 15 is 0 Å². The van der Waals surface area contributed by atoms with Crippen molar-refractivity contribution in [2.75, 3.05) is 6.54 Å². The molecule has 0 bridgehead atoms. The Bertz CT molecular complexity index is 394. The summed E-state index contributed by atoms with van der Waals surface area (Å²) in [6.45, 7) is 0.437. The van der Waals surface area contributed by atoms with E-state index in [0.717, 1.165) is 19.3 Å². The first kappa shape index (κ1) is 12.4. The van der Waals surface area contributed by atoms with Gasteiger partial charge in [0.15, 0.2) is 0 Å². The summed E-state index contributed by atoms with van der Waals surface area (Å²) in [4.78, 5) is 0. The molecule has 4 heteroatoms. The largest absolute Gasteiger partial charge is 0.416 e. The summed E-state index contributed by atoms with van der Waals surface area (Å²) in [6.07, 6.45) is -1.01. The van der Waals surface area contributed by atoms with Crippen molar-refractivity contribution in [3.63, 3.8) is 0 Å². The van der Waals surface area contributed by atoms with Gasteiger partial charge < -0.3 is 5.73 Å². The van der Waals surface area contributed by atoms with Crippen molar-refractivity contribution in [1.82, 2.24) is 0 Å². The van der Waals surface area contributed by atoms with Crippen molar-refractivity contribution in [3.8, 4) is 0 Å². The maximum absolute atomic E-state index is 12.9. The number of rotatable bonds is 3. The topological polar surface area (TPSA) is 26.0 Å². The Kier molecular flexibility index (Phi) is 3.17. The molecular formula is C13H16F3N. The summed E-state index contributed by atoms with van der Waals surface area (Å²) in [7, 11) is 0. The zero-order chi connectivity index (χ0) is 12.5. The average Bonchev–Trinajstić information content (AvgIpc) is 2.22. The van der Waals surface area contributed by atoms with Crippen molar-refractivity contribution in [2.24, 2.45) is 5.73 Å². The summed E-state index contributed by atoms with van der Waals surface area (Å²) in [6, 6.07) is 5.91. The molecule has 1 saturated carbocycles. The maximum Gasteiger partial charge on any atom is 0.416 e. The maximum atomic E-state index is 12.9. The van der Waals surface area contributed by atoms with Crippen LogP contribution in [0.5, 0.6) is 0 Å². The SMILES string of the molecule is NCCC1(c2ccccc2C(F)(F)F)CCC1. The third-order valence-electron chi connectivity index (χ3n) is 3.74. The minimum atomic E-state index is -4.27. The minimum Gasteiger partial charge on any atom is -0.330 e. The zero-order valence-corrected chi connectivity index (χ0v) is 9.56. The Labute approximate surface area is 98.8 Å². The van der Waals surface area contributed by atoms with Gasteiger partial charge in [0.1, 0.15) is 0 Å². The third kappa shape index (κ3) is 2.18. The summed E-state index contributed by atoms with van der Waals surface area (Å²) >= 11 is 0. The van der Waals surface area contributed by atoms with Gasteiger partial charge in [0.2, 0.25) is 0 Å². The Hall–Kier alpha value is -1.03. The number of alkyl halides is 3. The second-order valence-corrected chi connectivity index (χ2v) is 4.72. The zero-order valence-electron chi connectivity index (χ0n) is 9.56. The average molecular weight is 243 g/mol. The first-order valence-corrected chi connectivity index (χ1v) is 5.86. The molecule has 0 amide bonds. The van der Waals surface area contributed by atoms with E-state index in [9.17, 15) is 13.2 Å². The van der Waals surface area contributed by atoms with E-state index in [0.29, 0.717) is 18.5 Å². The molecule has 0 atom stereocenters. The molecule has 2 rings (SSSR count). The van der Waals surface area contributed by atoms with Crippen LogP contribution in [0.4, 0.5) is 13.2 Å². The van der Waals surface area contributed by atoms with Gasteiger partial charge in [-0.1, -0.05) is 24.6 Å². The predicted molar refractivity (Wildman–Crippen MR) is 60.6 cm³/mol. The highest BCUT2D eigenvalue weighted by Gasteiger charge is 2.44. The van der Waals surface area contributed by atoms with Crippen molar-refractivity contribution < 1.29 is 13.2 Å². The summed E-state index contributed by atoms with van der Waals surface area (Å²) in [5.74, 6) is 0.